The predicted octanol–water partition coefficient (Wildman–Crippen LogP) is 5.19. The normalized spacial score (nSPS) is 21.9. The van der Waals surface area contributed by atoms with E-state index in [-0.39, 0.29) is 24.0 Å². The van der Waals surface area contributed by atoms with Crippen LogP contribution in [0.4, 0.5) is 4.79 Å². The molecule has 0 aromatic heterocycles. The Hall–Kier alpha value is -2.62. The fraction of sp³-hybridized carbons (Fsp3) is 0.417. The molecule has 148 valence electrons. The van der Waals surface area contributed by atoms with E-state index in [1.807, 2.05) is 69.3 Å². The minimum atomic E-state index is -0.583. The van der Waals surface area contributed by atoms with Crippen molar-refractivity contribution in [3.8, 4) is 0 Å². The van der Waals surface area contributed by atoms with Crippen molar-refractivity contribution in [2.75, 3.05) is 0 Å². The molecule has 1 aliphatic rings. The lowest BCUT2D eigenvalue weighted by Gasteiger charge is -2.33. The maximum Gasteiger partial charge on any atom is 0.410 e. The summed E-state index contributed by atoms with van der Waals surface area (Å²) in [6.45, 7) is 6.03. The average Bonchev–Trinajstić information content (AvgIpc) is 3.10. The molecular formula is C24H29NO3. The third-order valence-electron chi connectivity index (χ3n) is 5.25. The van der Waals surface area contributed by atoms with Gasteiger partial charge in [0.15, 0.2) is 0 Å². The van der Waals surface area contributed by atoms with Gasteiger partial charge in [0.2, 0.25) is 0 Å². The smallest absolute Gasteiger partial charge is 0.410 e. The summed E-state index contributed by atoms with van der Waals surface area (Å²) < 4.78 is 5.69. The van der Waals surface area contributed by atoms with Crippen molar-refractivity contribution in [1.29, 1.82) is 0 Å². The van der Waals surface area contributed by atoms with E-state index in [1.54, 1.807) is 4.90 Å². The van der Waals surface area contributed by atoms with Crippen molar-refractivity contribution >= 4 is 12.4 Å². The molecule has 3 rings (SSSR count). The molecule has 1 fully saturated rings. The molecule has 0 unspecified atom stereocenters. The first kappa shape index (κ1) is 20.1. The number of aldehydes is 1. The van der Waals surface area contributed by atoms with Crippen molar-refractivity contribution in [2.45, 2.75) is 57.7 Å². The average molecular weight is 380 g/mol. The largest absolute Gasteiger partial charge is 0.444 e. The van der Waals surface area contributed by atoms with E-state index in [9.17, 15) is 9.59 Å². The van der Waals surface area contributed by atoms with E-state index in [0.29, 0.717) is 6.54 Å². The SMILES string of the molecule is CC(C)(C)OC(=O)N(Cc1ccccc1)[C@H]1C[C@@H](c2ccccc2)C[C@@H]1C=O. The molecule has 4 nitrogen and oxygen atoms in total. The second-order valence-electron chi connectivity index (χ2n) is 8.54. The summed E-state index contributed by atoms with van der Waals surface area (Å²) in [5, 5.41) is 0. The summed E-state index contributed by atoms with van der Waals surface area (Å²) in [6, 6.07) is 19.9. The number of hydrogen-bond donors (Lipinski definition) is 0. The Balaban J connectivity index is 1.87. The Morgan fingerprint density at radius 3 is 2.21 bits per heavy atom. The number of hydrogen-bond acceptors (Lipinski definition) is 3. The van der Waals surface area contributed by atoms with Crippen LogP contribution in [0.3, 0.4) is 0 Å². The first-order valence-electron chi connectivity index (χ1n) is 9.91. The monoisotopic (exact) mass is 379 g/mol. The quantitative estimate of drug-likeness (QED) is 0.672. The van der Waals surface area contributed by atoms with Crippen molar-refractivity contribution in [1.82, 2.24) is 4.90 Å². The maximum absolute atomic E-state index is 13.0. The number of nitrogens with zero attached hydrogens (tertiary/aromatic N) is 1. The van der Waals surface area contributed by atoms with Crippen molar-refractivity contribution in [3.05, 3.63) is 71.8 Å². The number of amides is 1. The molecule has 0 bridgehead atoms. The number of carbonyl (C=O) groups is 2. The Kier molecular flexibility index (Phi) is 6.18. The second-order valence-corrected chi connectivity index (χ2v) is 8.54. The molecule has 0 saturated heterocycles. The third-order valence-corrected chi connectivity index (χ3v) is 5.25. The number of benzene rings is 2. The lowest BCUT2D eigenvalue weighted by atomic mass is 9.97. The number of ether oxygens (including phenoxy) is 1. The standard InChI is InChI=1S/C24H29NO3/c1-24(2,3)28-23(27)25(16-18-10-6-4-7-11-18)22-15-20(14-21(22)17-26)19-12-8-5-9-13-19/h4-13,17,20-22H,14-16H2,1-3H3/t20-,21+,22-/m0/s1. The molecule has 1 saturated carbocycles. The predicted molar refractivity (Wildman–Crippen MR) is 110 cm³/mol. The highest BCUT2D eigenvalue weighted by Gasteiger charge is 2.41. The van der Waals surface area contributed by atoms with Gasteiger partial charge in [-0.15, -0.1) is 0 Å². The summed E-state index contributed by atoms with van der Waals surface area (Å²) in [4.78, 5) is 26.7. The molecule has 0 spiro atoms. The lowest BCUT2D eigenvalue weighted by Crippen LogP contribution is -2.45. The van der Waals surface area contributed by atoms with Gasteiger partial charge in [0.1, 0.15) is 11.9 Å². The van der Waals surface area contributed by atoms with Crippen LogP contribution in [-0.2, 0) is 16.1 Å². The lowest BCUT2D eigenvalue weighted by molar-refractivity contribution is -0.112. The van der Waals surface area contributed by atoms with E-state index < -0.39 is 5.60 Å². The van der Waals surface area contributed by atoms with E-state index in [1.165, 1.54) is 5.56 Å². The van der Waals surface area contributed by atoms with Crippen LogP contribution in [0.25, 0.3) is 0 Å². The Bertz CT molecular complexity index is 783. The van der Waals surface area contributed by atoms with Gasteiger partial charge >= 0.3 is 6.09 Å². The third kappa shape index (κ3) is 5.00. The molecule has 4 heteroatoms. The van der Waals surface area contributed by atoms with Gasteiger partial charge in [0, 0.05) is 18.5 Å². The molecule has 2 aromatic rings. The molecule has 0 aliphatic heterocycles. The molecule has 0 heterocycles. The topological polar surface area (TPSA) is 46.6 Å². The summed E-state index contributed by atoms with van der Waals surface area (Å²) >= 11 is 0. The summed E-state index contributed by atoms with van der Waals surface area (Å²) in [7, 11) is 0. The van der Waals surface area contributed by atoms with Crippen molar-refractivity contribution in [3.63, 3.8) is 0 Å². The summed E-state index contributed by atoms with van der Waals surface area (Å²) in [6.07, 6.45) is 2.17. The fourth-order valence-corrected chi connectivity index (χ4v) is 3.97. The molecule has 2 aromatic carbocycles. The zero-order valence-electron chi connectivity index (χ0n) is 16.9. The van der Waals surface area contributed by atoms with E-state index in [4.69, 9.17) is 4.74 Å². The summed E-state index contributed by atoms with van der Waals surface area (Å²) in [5.74, 6) is 0.0727. The highest BCUT2D eigenvalue weighted by molar-refractivity contribution is 5.70. The first-order chi connectivity index (χ1) is 13.4. The van der Waals surface area contributed by atoms with Gasteiger partial charge in [0.25, 0.3) is 0 Å². The number of carbonyl (C=O) groups excluding carboxylic acids is 2. The second kappa shape index (κ2) is 8.59. The molecule has 28 heavy (non-hydrogen) atoms. The van der Waals surface area contributed by atoms with E-state index >= 15 is 0 Å². The van der Waals surface area contributed by atoms with Gasteiger partial charge in [-0.25, -0.2) is 4.79 Å². The van der Waals surface area contributed by atoms with E-state index in [2.05, 4.69) is 12.1 Å². The van der Waals surface area contributed by atoms with Crippen molar-refractivity contribution < 1.29 is 14.3 Å². The first-order valence-corrected chi connectivity index (χ1v) is 9.91. The van der Waals surface area contributed by atoms with E-state index in [0.717, 1.165) is 24.7 Å². The Labute approximate surface area is 167 Å². The zero-order valence-corrected chi connectivity index (χ0v) is 16.9. The van der Waals surface area contributed by atoms with Crippen LogP contribution >= 0.6 is 0 Å². The highest BCUT2D eigenvalue weighted by atomic mass is 16.6. The van der Waals surface area contributed by atoms with Crippen LogP contribution in [0.1, 0.15) is 50.7 Å². The molecule has 1 amide bonds. The van der Waals surface area contributed by atoms with Gasteiger partial charge in [-0.1, -0.05) is 60.7 Å². The van der Waals surface area contributed by atoms with Crippen LogP contribution in [-0.4, -0.2) is 28.9 Å². The minimum Gasteiger partial charge on any atom is -0.444 e. The van der Waals surface area contributed by atoms with Crippen LogP contribution in [0.2, 0.25) is 0 Å². The van der Waals surface area contributed by atoms with Gasteiger partial charge in [-0.3, -0.25) is 0 Å². The van der Waals surface area contributed by atoms with Crippen LogP contribution in [0.15, 0.2) is 60.7 Å². The molecule has 0 radical (unpaired) electrons. The summed E-state index contributed by atoms with van der Waals surface area (Å²) in [5.41, 5.74) is 1.67. The Morgan fingerprint density at radius 1 is 1.04 bits per heavy atom. The zero-order chi connectivity index (χ0) is 20.1. The number of rotatable bonds is 5. The van der Waals surface area contributed by atoms with Gasteiger partial charge < -0.3 is 14.4 Å². The van der Waals surface area contributed by atoms with Crippen LogP contribution in [0, 0.1) is 5.92 Å². The molecule has 1 aliphatic carbocycles. The molecular weight excluding hydrogens is 350 g/mol. The fourth-order valence-electron chi connectivity index (χ4n) is 3.97. The van der Waals surface area contributed by atoms with Crippen LogP contribution < -0.4 is 0 Å². The Morgan fingerprint density at radius 2 is 1.64 bits per heavy atom. The van der Waals surface area contributed by atoms with Gasteiger partial charge in [-0.05, 0) is 50.7 Å². The highest BCUT2D eigenvalue weighted by Crippen LogP contribution is 2.41. The maximum atomic E-state index is 13.0. The molecule has 0 N–H and O–H groups in total. The van der Waals surface area contributed by atoms with Gasteiger partial charge in [-0.2, -0.15) is 0 Å². The molecule has 3 atom stereocenters. The van der Waals surface area contributed by atoms with Crippen LogP contribution in [0.5, 0.6) is 0 Å². The minimum absolute atomic E-state index is 0.169. The van der Waals surface area contributed by atoms with Gasteiger partial charge in [0.05, 0.1) is 0 Å². The van der Waals surface area contributed by atoms with Crippen molar-refractivity contribution in [2.24, 2.45) is 5.92 Å².